The summed E-state index contributed by atoms with van der Waals surface area (Å²) < 4.78 is 11.0. The molecule has 186 valence electrons. The van der Waals surface area contributed by atoms with Gasteiger partial charge in [0.05, 0.1) is 12.0 Å². The Balaban J connectivity index is 1.29. The summed E-state index contributed by atoms with van der Waals surface area (Å²) in [4.78, 5) is 27.9. The Morgan fingerprint density at radius 1 is 0.919 bits per heavy atom. The molecule has 0 aliphatic carbocycles. The van der Waals surface area contributed by atoms with Crippen molar-refractivity contribution in [2.45, 2.75) is 12.5 Å². The van der Waals surface area contributed by atoms with Crippen LogP contribution in [0.1, 0.15) is 23.8 Å². The summed E-state index contributed by atoms with van der Waals surface area (Å²) in [6, 6.07) is 29.5. The Morgan fingerprint density at radius 2 is 1.57 bits per heavy atom. The zero-order chi connectivity index (χ0) is 25.6. The predicted molar refractivity (Wildman–Crippen MR) is 142 cm³/mol. The first-order valence-corrected chi connectivity index (χ1v) is 12.2. The van der Waals surface area contributed by atoms with Crippen LogP contribution in [0, 0.1) is 0 Å². The molecule has 4 aromatic rings. The number of benzene rings is 3. The van der Waals surface area contributed by atoms with Crippen molar-refractivity contribution < 1.29 is 18.7 Å². The van der Waals surface area contributed by atoms with Gasteiger partial charge in [-0.05, 0) is 54.1 Å². The van der Waals surface area contributed by atoms with Gasteiger partial charge in [-0.15, -0.1) is 0 Å². The second-order valence-corrected chi connectivity index (χ2v) is 8.88. The van der Waals surface area contributed by atoms with Gasteiger partial charge < -0.3 is 14.1 Å². The van der Waals surface area contributed by atoms with Crippen LogP contribution < -0.4 is 4.90 Å². The van der Waals surface area contributed by atoms with Gasteiger partial charge in [0.2, 0.25) is 0 Å². The molecule has 2 heterocycles. The summed E-state index contributed by atoms with van der Waals surface area (Å²) in [5.74, 6) is -0.367. The van der Waals surface area contributed by atoms with E-state index in [9.17, 15) is 9.59 Å². The number of carbonyl (C=O) groups is 2. The molecule has 0 bridgehead atoms. The highest BCUT2D eigenvalue weighted by molar-refractivity contribution is 6.30. The molecule has 0 spiro atoms. The van der Waals surface area contributed by atoms with Crippen LogP contribution in [0.4, 0.5) is 11.4 Å². The lowest BCUT2D eigenvalue weighted by molar-refractivity contribution is -0.151. The lowest BCUT2D eigenvalue weighted by Crippen LogP contribution is -2.33. The van der Waals surface area contributed by atoms with Crippen LogP contribution >= 0.6 is 11.6 Å². The van der Waals surface area contributed by atoms with Gasteiger partial charge in [0.15, 0.2) is 6.61 Å². The first-order valence-electron chi connectivity index (χ1n) is 11.8. The molecule has 1 amide bonds. The first-order chi connectivity index (χ1) is 18.1. The Kier molecular flexibility index (Phi) is 7.33. The minimum absolute atomic E-state index is 0.0534. The summed E-state index contributed by atoms with van der Waals surface area (Å²) in [5.41, 5.74) is 3.25. The van der Waals surface area contributed by atoms with E-state index in [0.29, 0.717) is 17.2 Å². The maximum atomic E-state index is 13.2. The maximum absolute atomic E-state index is 13.2. The summed E-state index contributed by atoms with van der Waals surface area (Å²) in [5, 5.41) is 6.51. The van der Waals surface area contributed by atoms with Crippen LogP contribution in [0.5, 0.6) is 0 Å². The highest BCUT2D eigenvalue weighted by Crippen LogP contribution is 2.33. The van der Waals surface area contributed by atoms with Crippen molar-refractivity contribution in [3.8, 4) is 0 Å². The van der Waals surface area contributed by atoms with Crippen molar-refractivity contribution in [3.63, 3.8) is 0 Å². The molecule has 0 N–H and O–H groups in total. The highest BCUT2D eigenvalue weighted by atomic mass is 35.5. The minimum atomic E-state index is -0.531. The molecule has 1 aliphatic rings. The number of ether oxygens (including phenoxy) is 1. The molecule has 1 unspecified atom stereocenters. The van der Waals surface area contributed by atoms with Crippen LogP contribution in [0.15, 0.2) is 113 Å². The largest absolute Gasteiger partial charge is 0.467 e. The molecular weight excluding hydrogens is 490 g/mol. The van der Waals surface area contributed by atoms with E-state index in [0.717, 1.165) is 22.6 Å². The second kappa shape index (κ2) is 11.1. The van der Waals surface area contributed by atoms with Crippen LogP contribution in [-0.2, 0) is 14.3 Å². The Hall–Kier alpha value is -4.36. The average molecular weight is 514 g/mol. The van der Waals surface area contributed by atoms with Crippen LogP contribution in [0.3, 0.4) is 0 Å². The van der Waals surface area contributed by atoms with E-state index in [-0.39, 0.29) is 6.54 Å². The van der Waals surface area contributed by atoms with Crippen molar-refractivity contribution in [3.05, 3.63) is 120 Å². The quantitative estimate of drug-likeness (QED) is 0.270. The lowest BCUT2D eigenvalue weighted by atomic mass is 10.0. The molecule has 0 saturated carbocycles. The van der Waals surface area contributed by atoms with Crippen molar-refractivity contribution in [2.75, 3.05) is 18.1 Å². The van der Waals surface area contributed by atoms with Gasteiger partial charge in [0.25, 0.3) is 5.91 Å². The van der Waals surface area contributed by atoms with Gasteiger partial charge in [-0.3, -0.25) is 9.59 Å². The average Bonchev–Trinajstić information content (AvgIpc) is 3.62. The number of hydrogen-bond donors (Lipinski definition) is 0. The standard InChI is InChI=1S/C29H24ClN3O4/c30-22-15-13-21(14-16-22)25-18-26(27-12-7-17-36-27)33(31-25)28(34)20-37-29(35)19-32(23-8-3-1-4-9-23)24-10-5-2-6-11-24/h1-17,26H,18-20H2. The zero-order valence-corrected chi connectivity index (χ0v) is 20.6. The Bertz CT molecular complexity index is 1330. The van der Waals surface area contributed by atoms with Gasteiger partial charge in [0.1, 0.15) is 18.3 Å². The number of para-hydroxylation sites is 2. The van der Waals surface area contributed by atoms with E-state index >= 15 is 0 Å². The molecule has 1 aromatic heterocycles. The van der Waals surface area contributed by atoms with Crippen molar-refractivity contribution in [2.24, 2.45) is 5.10 Å². The van der Waals surface area contributed by atoms with E-state index in [1.165, 1.54) is 5.01 Å². The Labute approximate surface area is 219 Å². The molecule has 0 fully saturated rings. The zero-order valence-electron chi connectivity index (χ0n) is 19.9. The number of furan rings is 1. The SMILES string of the molecule is O=C(CN(c1ccccc1)c1ccccc1)OCC(=O)N1N=C(c2ccc(Cl)cc2)CC1c1ccco1. The van der Waals surface area contributed by atoms with Crippen LogP contribution in [-0.4, -0.2) is 35.7 Å². The number of rotatable bonds is 8. The van der Waals surface area contributed by atoms with Gasteiger partial charge in [-0.1, -0.05) is 60.1 Å². The molecule has 1 atom stereocenters. The maximum Gasteiger partial charge on any atom is 0.326 e. The third kappa shape index (κ3) is 5.73. The smallest absolute Gasteiger partial charge is 0.326 e. The molecule has 0 radical (unpaired) electrons. The number of hydrogen-bond acceptors (Lipinski definition) is 6. The predicted octanol–water partition coefficient (Wildman–Crippen LogP) is 5.99. The minimum Gasteiger partial charge on any atom is -0.467 e. The number of hydrazone groups is 1. The molecule has 3 aromatic carbocycles. The van der Waals surface area contributed by atoms with Gasteiger partial charge in [-0.2, -0.15) is 5.10 Å². The van der Waals surface area contributed by atoms with Gasteiger partial charge in [0, 0.05) is 22.8 Å². The number of amides is 1. The summed E-state index contributed by atoms with van der Waals surface area (Å²) in [6.07, 6.45) is 2.02. The number of nitrogens with zero attached hydrogens (tertiary/aromatic N) is 3. The van der Waals surface area contributed by atoms with E-state index in [1.807, 2.05) is 77.7 Å². The number of carbonyl (C=O) groups excluding carboxylic acids is 2. The fraction of sp³-hybridized carbons (Fsp3) is 0.138. The van der Waals surface area contributed by atoms with E-state index in [2.05, 4.69) is 5.10 Å². The number of halogens is 1. The molecule has 0 saturated heterocycles. The topological polar surface area (TPSA) is 75.3 Å². The fourth-order valence-corrected chi connectivity index (χ4v) is 4.32. The molecule has 8 heteroatoms. The molecule has 1 aliphatic heterocycles. The molecular formula is C29H24ClN3O4. The monoisotopic (exact) mass is 513 g/mol. The summed E-state index contributed by atoms with van der Waals surface area (Å²) in [6.45, 7) is -0.493. The molecule has 7 nitrogen and oxygen atoms in total. The first kappa shape index (κ1) is 24.3. The molecule has 37 heavy (non-hydrogen) atoms. The number of anilines is 2. The van der Waals surface area contributed by atoms with Gasteiger partial charge in [-0.25, -0.2) is 5.01 Å². The summed E-state index contributed by atoms with van der Waals surface area (Å²) >= 11 is 6.02. The lowest BCUT2D eigenvalue weighted by Gasteiger charge is -2.24. The van der Waals surface area contributed by atoms with Crippen molar-refractivity contribution in [1.29, 1.82) is 0 Å². The fourth-order valence-electron chi connectivity index (χ4n) is 4.19. The van der Waals surface area contributed by atoms with Crippen molar-refractivity contribution in [1.82, 2.24) is 5.01 Å². The van der Waals surface area contributed by atoms with E-state index in [4.69, 9.17) is 20.8 Å². The third-order valence-corrected chi connectivity index (χ3v) is 6.25. The Morgan fingerprint density at radius 3 is 2.16 bits per heavy atom. The molecule has 5 rings (SSSR count). The van der Waals surface area contributed by atoms with E-state index < -0.39 is 24.5 Å². The highest BCUT2D eigenvalue weighted by Gasteiger charge is 2.35. The van der Waals surface area contributed by atoms with E-state index in [1.54, 1.807) is 30.5 Å². The summed E-state index contributed by atoms with van der Waals surface area (Å²) in [7, 11) is 0. The van der Waals surface area contributed by atoms with Crippen LogP contribution in [0.25, 0.3) is 0 Å². The second-order valence-electron chi connectivity index (χ2n) is 8.45. The van der Waals surface area contributed by atoms with Crippen molar-refractivity contribution >= 4 is 40.6 Å². The van der Waals surface area contributed by atoms with Crippen LogP contribution in [0.2, 0.25) is 5.02 Å². The number of esters is 1. The third-order valence-electron chi connectivity index (χ3n) is 5.99. The van der Waals surface area contributed by atoms with Gasteiger partial charge >= 0.3 is 5.97 Å². The normalized spacial score (nSPS) is 14.8.